The molecule has 0 radical (unpaired) electrons. The minimum Gasteiger partial charge on any atom is -0.506 e. The van der Waals surface area contributed by atoms with E-state index in [0.717, 1.165) is 18.2 Å². The molecule has 84 valence electrons. The topological polar surface area (TPSA) is 29.5 Å². The number of hydrogen-bond donors (Lipinski definition) is 1. The minimum absolute atomic E-state index is 0.159. The zero-order chi connectivity index (χ0) is 11.6. The van der Waals surface area contributed by atoms with Crippen molar-refractivity contribution in [3.63, 3.8) is 0 Å². The summed E-state index contributed by atoms with van der Waals surface area (Å²) in [4.78, 5) is 0. The van der Waals surface area contributed by atoms with Crippen LogP contribution in [0.15, 0.2) is 18.2 Å². The third-order valence-corrected chi connectivity index (χ3v) is 2.26. The Kier molecular flexibility index (Phi) is 3.72. The van der Waals surface area contributed by atoms with Gasteiger partial charge >= 0.3 is 6.11 Å². The molecule has 0 aliphatic heterocycles. The highest BCUT2D eigenvalue weighted by Crippen LogP contribution is 2.33. The Morgan fingerprint density at radius 2 is 2.07 bits per heavy atom. The maximum Gasteiger partial charge on any atom is 0.440 e. The van der Waals surface area contributed by atoms with Crippen LogP contribution in [0, 0.1) is 0 Å². The first-order chi connectivity index (χ1) is 6.83. The monoisotopic (exact) mass is 304 g/mol. The van der Waals surface area contributed by atoms with E-state index >= 15 is 0 Å². The summed E-state index contributed by atoms with van der Waals surface area (Å²) in [5, 5.41) is 6.21. The number of alkyl halides is 4. The second kappa shape index (κ2) is 4.49. The normalized spacial score (nSPS) is 13.7. The van der Waals surface area contributed by atoms with Crippen LogP contribution in [0.5, 0.6) is 11.5 Å². The summed E-state index contributed by atoms with van der Waals surface area (Å²) in [6, 6.07) is 3.07. The second-order valence-corrected chi connectivity index (χ2v) is 3.79. The molecule has 0 spiro atoms. The van der Waals surface area contributed by atoms with Crippen molar-refractivity contribution >= 4 is 27.5 Å². The smallest absolute Gasteiger partial charge is 0.440 e. The first-order valence-corrected chi connectivity index (χ1v) is 4.96. The molecule has 1 rings (SSSR count). The number of halogens is 5. The minimum atomic E-state index is -4.00. The third kappa shape index (κ3) is 3.17. The summed E-state index contributed by atoms with van der Waals surface area (Å²) >= 11 is 7.50. The molecule has 0 aromatic heterocycles. The highest BCUT2D eigenvalue weighted by molar-refractivity contribution is 9.09. The molecular weight excluding hydrogens is 300 g/mol. The lowest BCUT2D eigenvalue weighted by Gasteiger charge is -2.18. The molecule has 1 unspecified atom stereocenters. The summed E-state index contributed by atoms with van der Waals surface area (Å²) in [6.45, 7) is 0. The van der Waals surface area contributed by atoms with Gasteiger partial charge in [-0.05, 0) is 28.1 Å². The molecular formula is C8H5BrClF3O2. The van der Waals surface area contributed by atoms with Gasteiger partial charge in [-0.1, -0.05) is 11.6 Å². The highest BCUT2D eigenvalue weighted by Gasteiger charge is 2.41. The van der Waals surface area contributed by atoms with E-state index in [0.29, 0.717) is 0 Å². The SMILES string of the molecule is Oc1ccc(OC(F)(F)C(F)Br)cc1Cl. The van der Waals surface area contributed by atoms with Gasteiger partial charge in [-0.3, -0.25) is 0 Å². The van der Waals surface area contributed by atoms with Crippen LogP contribution in [0.1, 0.15) is 0 Å². The van der Waals surface area contributed by atoms with Crippen LogP contribution in [0.4, 0.5) is 13.2 Å². The zero-order valence-corrected chi connectivity index (χ0v) is 9.40. The molecule has 0 heterocycles. The maximum atomic E-state index is 12.7. The summed E-state index contributed by atoms with van der Waals surface area (Å²) in [5.74, 6) is -0.618. The molecule has 0 bridgehead atoms. The Morgan fingerprint density at radius 1 is 1.47 bits per heavy atom. The van der Waals surface area contributed by atoms with Gasteiger partial charge in [-0.15, -0.1) is 0 Å². The van der Waals surface area contributed by atoms with Crippen LogP contribution in [0.25, 0.3) is 0 Å². The predicted octanol–water partition coefficient (Wildman–Crippen LogP) is 3.71. The average molecular weight is 305 g/mol. The standard InChI is InChI=1S/C8H5BrClF3O2/c9-7(11)8(12,13)15-4-1-2-6(14)5(10)3-4/h1-3,7,14H. The number of aromatic hydroxyl groups is 1. The molecule has 7 heteroatoms. The largest absolute Gasteiger partial charge is 0.506 e. The van der Waals surface area contributed by atoms with Gasteiger partial charge in [0.1, 0.15) is 11.5 Å². The first-order valence-electron chi connectivity index (χ1n) is 3.66. The summed E-state index contributed by atoms with van der Waals surface area (Å²) in [6.07, 6.45) is -4.00. The van der Waals surface area contributed by atoms with E-state index in [1.165, 1.54) is 0 Å². The van der Waals surface area contributed by atoms with Gasteiger partial charge in [0, 0.05) is 6.07 Å². The molecule has 1 aromatic carbocycles. The molecule has 1 aromatic rings. The molecule has 0 fully saturated rings. The molecule has 1 N–H and O–H groups in total. The van der Waals surface area contributed by atoms with E-state index in [2.05, 4.69) is 20.7 Å². The highest BCUT2D eigenvalue weighted by atomic mass is 79.9. The molecule has 0 aliphatic carbocycles. The van der Waals surface area contributed by atoms with E-state index in [9.17, 15) is 13.2 Å². The van der Waals surface area contributed by atoms with E-state index in [4.69, 9.17) is 16.7 Å². The average Bonchev–Trinajstić information content (AvgIpc) is 2.10. The molecule has 2 nitrogen and oxygen atoms in total. The number of ether oxygens (including phenoxy) is 1. The van der Waals surface area contributed by atoms with Crippen LogP contribution in [0.2, 0.25) is 5.02 Å². The van der Waals surface area contributed by atoms with Gasteiger partial charge in [-0.2, -0.15) is 8.78 Å². The van der Waals surface area contributed by atoms with Crippen LogP contribution < -0.4 is 4.74 Å². The van der Waals surface area contributed by atoms with E-state index < -0.39 is 11.2 Å². The van der Waals surface area contributed by atoms with Gasteiger partial charge in [0.25, 0.3) is 5.08 Å². The number of benzene rings is 1. The van der Waals surface area contributed by atoms with Crippen molar-refractivity contribution in [1.29, 1.82) is 0 Å². The van der Waals surface area contributed by atoms with Crippen molar-refractivity contribution in [3.05, 3.63) is 23.2 Å². The number of rotatable bonds is 3. The number of phenols is 1. The van der Waals surface area contributed by atoms with Crippen LogP contribution >= 0.6 is 27.5 Å². The lowest BCUT2D eigenvalue weighted by atomic mass is 10.3. The predicted molar refractivity (Wildman–Crippen MR) is 52.5 cm³/mol. The molecule has 15 heavy (non-hydrogen) atoms. The Morgan fingerprint density at radius 3 is 2.53 bits per heavy atom. The summed E-state index contributed by atoms with van der Waals surface area (Å²) < 4.78 is 41.8. The van der Waals surface area contributed by atoms with E-state index in [1.807, 2.05) is 0 Å². The number of hydrogen-bond acceptors (Lipinski definition) is 2. The van der Waals surface area contributed by atoms with Crippen molar-refractivity contribution in [3.8, 4) is 11.5 Å². The van der Waals surface area contributed by atoms with Crippen LogP contribution in [-0.2, 0) is 0 Å². The van der Waals surface area contributed by atoms with Crippen LogP contribution in [-0.4, -0.2) is 16.3 Å². The molecule has 0 saturated carbocycles. The Bertz CT molecular complexity index is 360. The second-order valence-electron chi connectivity index (χ2n) is 2.58. The molecule has 0 amide bonds. The van der Waals surface area contributed by atoms with Gasteiger partial charge in [0.2, 0.25) is 0 Å². The van der Waals surface area contributed by atoms with Gasteiger partial charge in [-0.25, -0.2) is 4.39 Å². The Balaban J connectivity index is 2.86. The van der Waals surface area contributed by atoms with Gasteiger partial charge in [0.15, 0.2) is 0 Å². The van der Waals surface area contributed by atoms with Gasteiger partial charge in [0.05, 0.1) is 5.02 Å². The quantitative estimate of drug-likeness (QED) is 0.863. The first kappa shape index (κ1) is 12.4. The Hall–Kier alpha value is -0.620. The fourth-order valence-electron chi connectivity index (χ4n) is 0.753. The van der Waals surface area contributed by atoms with Gasteiger partial charge < -0.3 is 9.84 Å². The molecule has 0 aliphatic rings. The fourth-order valence-corrected chi connectivity index (χ4v) is 1.02. The lowest BCUT2D eigenvalue weighted by Crippen LogP contribution is -2.32. The summed E-state index contributed by atoms with van der Waals surface area (Å²) in [7, 11) is 0. The third-order valence-electron chi connectivity index (χ3n) is 1.43. The number of phenolic OH excluding ortho intramolecular Hbond substituents is 1. The van der Waals surface area contributed by atoms with Crippen molar-refractivity contribution in [2.75, 3.05) is 0 Å². The van der Waals surface area contributed by atoms with Crippen LogP contribution in [0.3, 0.4) is 0 Å². The van der Waals surface area contributed by atoms with Crippen molar-refractivity contribution in [2.24, 2.45) is 0 Å². The maximum absolute atomic E-state index is 12.7. The molecule has 0 saturated heterocycles. The molecule has 1 atom stereocenters. The fraction of sp³-hybridized carbons (Fsp3) is 0.250. The Labute approximate surface area is 96.7 Å². The van der Waals surface area contributed by atoms with Crippen molar-refractivity contribution in [2.45, 2.75) is 11.2 Å². The summed E-state index contributed by atoms with van der Waals surface area (Å²) in [5.41, 5.74) is 0. The van der Waals surface area contributed by atoms with Crippen molar-refractivity contribution in [1.82, 2.24) is 0 Å². The van der Waals surface area contributed by atoms with E-state index in [1.54, 1.807) is 0 Å². The van der Waals surface area contributed by atoms with E-state index in [-0.39, 0.29) is 16.5 Å². The van der Waals surface area contributed by atoms with Crippen molar-refractivity contribution < 1.29 is 23.0 Å². The zero-order valence-electron chi connectivity index (χ0n) is 7.05. The lowest BCUT2D eigenvalue weighted by molar-refractivity contribution is -0.195.